The van der Waals surface area contributed by atoms with Crippen LogP contribution in [0.2, 0.25) is 0 Å². The van der Waals surface area contributed by atoms with Crippen LogP contribution in [0, 0.1) is 0 Å². The SMILES string of the molecule is CC1CN(c2nc3ccccc3o2)CC(CO)O1. The number of ether oxygens (including phenoxy) is 1. The van der Waals surface area contributed by atoms with Gasteiger partial charge in [-0.2, -0.15) is 4.98 Å². The van der Waals surface area contributed by atoms with Crippen LogP contribution in [0.15, 0.2) is 28.7 Å². The van der Waals surface area contributed by atoms with E-state index in [-0.39, 0.29) is 18.8 Å². The topological polar surface area (TPSA) is 58.7 Å². The van der Waals surface area contributed by atoms with E-state index in [1.54, 1.807) is 0 Å². The molecule has 0 radical (unpaired) electrons. The largest absolute Gasteiger partial charge is 0.423 e. The van der Waals surface area contributed by atoms with Crippen molar-refractivity contribution in [1.82, 2.24) is 4.98 Å². The molecule has 5 nitrogen and oxygen atoms in total. The number of rotatable bonds is 2. The molecular formula is C13H16N2O3. The van der Waals surface area contributed by atoms with Gasteiger partial charge in [-0.3, -0.25) is 0 Å². The van der Waals surface area contributed by atoms with Gasteiger partial charge in [0.1, 0.15) is 5.52 Å². The number of fused-ring (bicyclic) bond motifs is 1. The fraction of sp³-hybridized carbons (Fsp3) is 0.462. The minimum Gasteiger partial charge on any atom is -0.423 e. The average Bonchev–Trinajstić information content (AvgIpc) is 2.81. The Hall–Kier alpha value is -1.59. The lowest BCUT2D eigenvalue weighted by atomic mass is 10.2. The molecule has 1 aliphatic heterocycles. The Balaban J connectivity index is 1.88. The minimum atomic E-state index is -0.177. The van der Waals surface area contributed by atoms with Gasteiger partial charge in [0.15, 0.2) is 5.58 Å². The Morgan fingerprint density at radius 2 is 2.22 bits per heavy atom. The number of aliphatic hydroxyl groups excluding tert-OH is 1. The Bertz CT molecular complexity index is 507. The number of aliphatic hydroxyl groups is 1. The van der Waals surface area contributed by atoms with Gasteiger partial charge in [0, 0.05) is 6.54 Å². The predicted molar refractivity (Wildman–Crippen MR) is 67.6 cm³/mol. The fourth-order valence-electron chi connectivity index (χ4n) is 2.30. The third kappa shape index (κ3) is 2.07. The summed E-state index contributed by atoms with van der Waals surface area (Å²) in [7, 11) is 0. The van der Waals surface area contributed by atoms with Crippen LogP contribution in [0.4, 0.5) is 6.01 Å². The van der Waals surface area contributed by atoms with Crippen molar-refractivity contribution in [3.63, 3.8) is 0 Å². The lowest BCUT2D eigenvalue weighted by Gasteiger charge is -2.34. The molecule has 1 aromatic carbocycles. The highest BCUT2D eigenvalue weighted by Crippen LogP contribution is 2.24. The van der Waals surface area contributed by atoms with Gasteiger partial charge in [0.25, 0.3) is 6.01 Å². The molecule has 96 valence electrons. The Labute approximate surface area is 105 Å². The molecule has 1 N–H and O–H groups in total. The number of morpholine rings is 1. The Morgan fingerprint density at radius 3 is 3.00 bits per heavy atom. The van der Waals surface area contributed by atoms with Crippen LogP contribution < -0.4 is 4.90 Å². The van der Waals surface area contributed by atoms with E-state index in [2.05, 4.69) is 4.98 Å². The van der Waals surface area contributed by atoms with Gasteiger partial charge in [-0.25, -0.2) is 0 Å². The third-order valence-corrected chi connectivity index (χ3v) is 3.08. The van der Waals surface area contributed by atoms with Gasteiger partial charge >= 0.3 is 0 Å². The zero-order valence-corrected chi connectivity index (χ0v) is 10.2. The molecular weight excluding hydrogens is 232 g/mol. The second-order valence-corrected chi connectivity index (χ2v) is 4.62. The number of nitrogens with zero attached hydrogens (tertiary/aromatic N) is 2. The molecule has 0 spiro atoms. The maximum Gasteiger partial charge on any atom is 0.298 e. The van der Waals surface area contributed by atoms with Gasteiger partial charge in [0.05, 0.1) is 25.4 Å². The van der Waals surface area contributed by atoms with Crippen molar-refractivity contribution in [2.24, 2.45) is 0 Å². The van der Waals surface area contributed by atoms with E-state index in [0.29, 0.717) is 12.6 Å². The highest BCUT2D eigenvalue weighted by molar-refractivity contribution is 5.74. The standard InChI is InChI=1S/C13H16N2O3/c1-9-6-15(7-10(8-16)17-9)13-14-11-4-2-3-5-12(11)18-13/h2-5,9-10,16H,6-8H2,1H3. The maximum atomic E-state index is 9.21. The maximum absolute atomic E-state index is 9.21. The van der Waals surface area contributed by atoms with E-state index >= 15 is 0 Å². The fourth-order valence-corrected chi connectivity index (χ4v) is 2.30. The minimum absolute atomic E-state index is 0.0149. The highest BCUT2D eigenvalue weighted by Gasteiger charge is 2.27. The molecule has 2 unspecified atom stereocenters. The first-order chi connectivity index (χ1) is 8.76. The summed E-state index contributed by atoms with van der Waals surface area (Å²) in [5.41, 5.74) is 1.64. The number of hydrogen-bond donors (Lipinski definition) is 1. The van der Waals surface area contributed by atoms with E-state index in [1.165, 1.54) is 0 Å². The van der Waals surface area contributed by atoms with Crippen LogP contribution in [0.5, 0.6) is 0 Å². The number of hydrogen-bond acceptors (Lipinski definition) is 5. The molecule has 0 saturated carbocycles. The number of aromatic nitrogens is 1. The summed E-state index contributed by atoms with van der Waals surface area (Å²) < 4.78 is 11.3. The number of para-hydroxylation sites is 2. The van der Waals surface area contributed by atoms with Crippen LogP contribution in [0.25, 0.3) is 11.1 Å². The number of benzene rings is 1. The molecule has 1 saturated heterocycles. The summed E-state index contributed by atoms with van der Waals surface area (Å²) in [6.07, 6.45) is -0.116. The molecule has 2 aromatic rings. The predicted octanol–water partition coefficient (Wildman–Crippen LogP) is 1.41. The molecule has 1 aliphatic rings. The molecule has 5 heteroatoms. The van der Waals surface area contributed by atoms with Gasteiger partial charge < -0.3 is 19.2 Å². The van der Waals surface area contributed by atoms with Crippen molar-refractivity contribution in [2.75, 3.05) is 24.6 Å². The Morgan fingerprint density at radius 1 is 1.39 bits per heavy atom. The molecule has 2 heterocycles. The molecule has 0 aliphatic carbocycles. The van der Waals surface area contributed by atoms with Crippen molar-refractivity contribution in [3.05, 3.63) is 24.3 Å². The van der Waals surface area contributed by atoms with Crippen molar-refractivity contribution in [1.29, 1.82) is 0 Å². The zero-order valence-electron chi connectivity index (χ0n) is 10.2. The van der Waals surface area contributed by atoms with E-state index in [0.717, 1.165) is 17.6 Å². The first kappa shape index (κ1) is 11.5. The van der Waals surface area contributed by atoms with E-state index < -0.39 is 0 Å². The average molecular weight is 248 g/mol. The first-order valence-corrected chi connectivity index (χ1v) is 6.13. The van der Waals surface area contributed by atoms with Crippen molar-refractivity contribution in [3.8, 4) is 0 Å². The van der Waals surface area contributed by atoms with Crippen molar-refractivity contribution < 1.29 is 14.3 Å². The molecule has 0 amide bonds. The number of oxazole rings is 1. The summed E-state index contributed by atoms with van der Waals surface area (Å²) in [4.78, 5) is 6.48. The van der Waals surface area contributed by atoms with Crippen molar-refractivity contribution >= 4 is 17.1 Å². The molecule has 1 fully saturated rings. The summed E-state index contributed by atoms with van der Waals surface area (Å²) in [5.74, 6) is 0. The molecule has 18 heavy (non-hydrogen) atoms. The lowest BCUT2D eigenvalue weighted by molar-refractivity contribution is -0.0432. The van der Waals surface area contributed by atoms with Gasteiger partial charge in [-0.1, -0.05) is 12.1 Å². The molecule has 0 bridgehead atoms. The van der Waals surface area contributed by atoms with Gasteiger partial charge in [0.2, 0.25) is 0 Å². The van der Waals surface area contributed by atoms with Crippen molar-refractivity contribution in [2.45, 2.75) is 19.1 Å². The molecule has 1 aromatic heterocycles. The van der Waals surface area contributed by atoms with Gasteiger partial charge in [-0.05, 0) is 19.1 Å². The second-order valence-electron chi connectivity index (χ2n) is 4.62. The third-order valence-electron chi connectivity index (χ3n) is 3.08. The van der Waals surface area contributed by atoms with E-state index in [4.69, 9.17) is 9.15 Å². The zero-order chi connectivity index (χ0) is 12.5. The van der Waals surface area contributed by atoms with E-state index in [9.17, 15) is 5.11 Å². The van der Waals surface area contributed by atoms with Crippen LogP contribution in [-0.2, 0) is 4.74 Å². The summed E-state index contributed by atoms with van der Waals surface area (Å²) >= 11 is 0. The smallest absolute Gasteiger partial charge is 0.298 e. The normalized spacial score (nSPS) is 24.7. The van der Waals surface area contributed by atoms with Crippen LogP contribution in [0.1, 0.15) is 6.92 Å². The number of anilines is 1. The lowest BCUT2D eigenvalue weighted by Crippen LogP contribution is -2.48. The monoisotopic (exact) mass is 248 g/mol. The molecule has 2 atom stereocenters. The van der Waals surface area contributed by atoms with E-state index in [1.807, 2.05) is 36.1 Å². The summed E-state index contributed by atoms with van der Waals surface area (Å²) in [5, 5.41) is 9.21. The molecule has 3 rings (SSSR count). The second kappa shape index (κ2) is 4.59. The van der Waals surface area contributed by atoms with Crippen LogP contribution in [0.3, 0.4) is 0 Å². The first-order valence-electron chi connectivity index (χ1n) is 6.13. The van der Waals surface area contributed by atoms with Gasteiger partial charge in [-0.15, -0.1) is 0 Å². The summed E-state index contributed by atoms with van der Waals surface area (Å²) in [6.45, 7) is 3.33. The quantitative estimate of drug-likeness (QED) is 0.870. The highest BCUT2D eigenvalue weighted by atomic mass is 16.5. The summed E-state index contributed by atoms with van der Waals surface area (Å²) in [6, 6.07) is 8.29. The van der Waals surface area contributed by atoms with Crippen LogP contribution >= 0.6 is 0 Å². The Kier molecular flexibility index (Phi) is 2.93. The van der Waals surface area contributed by atoms with Crippen LogP contribution in [-0.4, -0.2) is 42.0 Å².